The first kappa shape index (κ1) is 7.79. The number of amides is 1. The number of carbonyl (C=O) groups is 1. The zero-order valence-corrected chi connectivity index (χ0v) is 5.95. The highest BCUT2D eigenvalue weighted by atomic mass is 16.1. The van der Waals surface area contributed by atoms with Crippen LogP contribution >= 0.6 is 0 Å². The highest BCUT2D eigenvalue weighted by Gasteiger charge is 1.92. The summed E-state index contributed by atoms with van der Waals surface area (Å²) in [5.74, 6) is -0.532. The lowest BCUT2D eigenvalue weighted by atomic mass is 10.1. The van der Waals surface area contributed by atoms with Gasteiger partial charge in [-0.3, -0.25) is 9.78 Å². The molecule has 0 aliphatic carbocycles. The summed E-state index contributed by atoms with van der Waals surface area (Å²) in [6.45, 7) is 0.385. The van der Waals surface area contributed by atoms with Crippen LogP contribution in [0.15, 0.2) is 24.4 Å². The number of hydrogen-bond donors (Lipinski definition) is 1. The number of pyridine rings is 1. The molecule has 0 spiro atoms. The Bertz CT molecular complexity index is 237. The maximum atomic E-state index is 10.3. The normalized spacial score (nSPS) is 9.09. The van der Waals surface area contributed by atoms with Crippen molar-refractivity contribution >= 4 is 13.7 Å². The maximum absolute atomic E-state index is 10.3. The molecule has 3 nitrogen and oxygen atoms in total. The third kappa shape index (κ3) is 2.84. The molecule has 1 amide bonds. The van der Waals surface area contributed by atoms with E-state index in [1.807, 2.05) is 18.2 Å². The third-order valence-electron chi connectivity index (χ3n) is 1.17. The third-order valence-corrected chi connectivity index (χ3v) is 1.17. The van der Waals surface area contributed by atoms with Crippen molar-refractivity contribution in [2.24, 2.45) is 0 Å². The molecule has 11 heavy (non-hydrogen) atoms. The van der Waals surface area contributed by atoms with Gasteiger partial charge in [0.05, 0.1) is 12.2 Å². The van der Waals surface area contributed by atoms with Crippen LogP contribution in [-0.4, -0.2) is 18.6 Å². The number of aromatic nitrogens is 1. The first-order valence-electron chi connectivity index (χ1n) is 3.22. The second kappa shape index (κ2) is 3.76. The van der Waals surface area contributed by atoms with Gasteiger partial charge in [-0.05, 0) is 12.1 Å². The fraction of sp³-hybridized carbons (Fsp3) is 0.143. The van der Waals surface area contributed by atoms with Gasteiger partial charge in [-0.25, -0.2) is 0 Å². The van der Waals surface area contributed by atoms with Crippen LogP contribution in [0.3, 0.4) is 0 Å². The molecule has 0 unspecified atom stereocenters. The smallest absolute Gasteiger partial charge is 0.200 e. The fourth-order valence-electron chi connectivity index (χ4n) is 0.680. The van der Waals surface area contributed by atoms with E-state index in [-0.39, 0.29) is 0 Å². The SMILES string of the molecule is [B]C(=O)NCc1ccccn1. The minimum absolute atomic E-state index is 0.385. The van der Waals surface area contributed by atoms with Gasteiger partial charge in [0.25, 0.3) is 0 Å². The number of nitrogens with one attached hydrogen (secondary N) is 1. The van der Waals surface area contributed by atoms with E-state index in [0.717, 1.165) is 5.69 Å². The molecule has 0 saturated carbocycles. The highest BCUT2D eigenvalue weighted by Crippen LogP contribution is 1.90. The van der Waals surface area contributed by atoms with Crippen molar-refractivity contribution < 1.29 is 4.79 Å². The number of nitrogens with zero attached hydrogens (tertiary/aromatic N) is 1. The first-order chi connectivity index (χ1) is 5.29. The monoisotopic (exact) mass is 146 g/mol. The van der Waals surface area contributed by atoms with E-state index >= 15 is 0 Å². The molecule has 0 fully saturated rings. The molecule has 0 saturated heterocycles. The molecule has 2 radical (unpaired) electrons. The molecule has 0 bridgehead atoms. The van der Waals surface area contributed by atoms with Crippen molar-refractivity contribution in [3.8, 4) is 0 Å². The molecule has 0 aliphatic heterocycles. The molecule has 1 aromatic rings. The molecular weight excluding hydrogens is 139 g/mol. The van der Waals surface area contributed by atoms with E-state index in [9.17, 15) is 4.79 Å². The summed E-state index contributed by atoms with van der Waals surface area (Å²) < 4.78 is 0. The van der Waals surface area contributed by atoms with E-state index in [2.05, 4.69) is 10.3 Å². The van der Waals surface area contributed by atoms with Crippen molar-refractivity contribution in [1.82, 2.24) is 10.3 Å². The molecule has 0 atom stereocenters. The summed E-state index contributed by atoms with van der Waals surface area (Å²) in [7, 11) is 4.86. The van der Waals surface area contributed by atoms with E-state index in [0.29, 0.717) is 6.54 Å². The molecule has 54 valence electrons. The summed E-state index contributed by atoms with van der Waals surface area (Å²) in [6.07, 6.45) is 1.66. The number of carbonyl (C=O) groups excluding carboxylic acids is 1. The Kier molecular flexibility index (Phi) is 2.66. The van der Waals surface area contributed by atoms with Crippen LogP contribution in [0.5, 0.6) is 0 Å². The zero-order valence-electron chi connectivity index (χ0n) is 5.95. The van der Waals surface area contributed by atoms with E-state index in [1.54, 1.807) is 6.20 Å². The van der Waals surface area contributed by atoms with Crippen molar-refractivity contribution in [1.29, 1.82) is 0 Å². The summed E-state index contributed by atoms with van der Waals surface area (Å²) in [5, 5.41) is 2.44. The van der Waals surface area contributed by atoms with Crippen molar-refractivity contribution in [2.45, 2.75) is 6.54 Å². The van der Waals surface area contributed by atoms with Crippen LogP contribution in [0.25, 0.3) is 0 Å². The van der Waals surface area contributed by atoms with Gasteiger partial charge in [0.2, 0.25) is 7.85 Å². The van der Waals surface area contributed by atoms with Gasteiger partial charge in [-0.15, -0.1) is 0 Å². The van der Waals surface area contributed by atoms with E-state index < -0.39 is 5.81 Å². The van der Waals surface area contributed by atoms with Gasteiger partial charge in [-0.2, -0.15) is 0 Å². The molecule has 1 heterocycles. The summed E-state index contributed by atoms with van der Waals surface area (Å²) >= 11 is 0. The molecule has 4 heteroatoms. The predicted octanol–water partition coefficient (Wildman–Crippen LogP) is 0.460. The summed E-state index contributed by atoms with van der Waals surface area (Å²) in [6, 6.07) is 5.48. The van der Waals surface area contributed by atoms with Crippen LogP contribution < -0.4 is 5.32 Å². The molecule has 0 aromatic carbocycles. The molecule has 1 aromatic heterocycles. The summed E-state index contributed by atoms with van der Waals surface area (Å²) in [5.41, 5.74) is 0.798. The predicted molar refractivity (Wildman–Crippen MR) is 42.2 cm³/mol. The topological polar surface area (TPSA) is 42.0 Å². The van der Waals surface area contributed by atoms with Crippen LogP contribution in [-0.2, 0) is 6.54 Å². The van der Waals surface area contributed by atoms with E-state index in [4.69, 9.17) is 7.85 Å². The average Bonchev–Trinajstić information content (AvgIpc) is 2.03. The Hall–Kier alpha value is -1.32. The maximum Gasteiger partial charge on any atom is 0.200 e. The number of rotatable bonds is 2. The lowest BCUT2D eigenvalue weighted by Gasteiger charge is -1.99. The van der Waals surface area contributed by atoms with Crippen molar-refractivity contribution in [3.05, 3.63) is 30.1 Å². The van der Waals surface area contributed by atoms with Gasteiger partial charge in [0, 0.05) is 6.20 Å². The van der Waals surface area contributed by atoms with E-state index in [1.165, 1.54) is 0 Å². The standard InChI is InChI=1S/C7H7BN2O/c8-7(11)10-5-6-3-1-2-4-9-6/h1-4H,5H2,(H,10,11). The lowest BCUT2D eigenvalue weighted by Crippen LogP contribution is -2.21. The second-order valence-corrected chi connectivity index (χ2v) is 2.04. The summed E-state index contributed by atoms with van der Waals surface area (Å²) in [4.78, 5) is 14.2. The average molecular weight is 146 g/mol. The lowest BCUT2D eigenvalue weighted by molar-refractivity contribution is 0.259. The molecular formula is C7H7BN2O. The minimum atomic E-state index is -0.532. The zero-order chi connectivity index (χ0) is 8.10. The minimum Gasteiger partial charge on any atom is -0.360 e. The number of hydrogen-bond acceptors (Lipinski definition) is 2. The highest BCUT2D eigenvalue weighted by molar-refractivity contribution is 6.57. The van der Waals surface area contributed by atoms with Crippen LogP contribution in [0.2, 0.25) is 0 Å². The quantitative estimate of drug-likeness (QED) is 0.615. The van der Waals surface area contributed by atoms with Crippen LogP contribution in [0, 0.1) is 0 Å². The Morgan fingerprint density at radius 1 is 1.64 bits per heavy atom. The van der Waals surface area contributed by atoms with Gasteiger partial charge in [0.1, 0.15) is 0 Å². The largest absolute Gasteiger partial charge is 0.360 e. The Morgan fingerprint density at radius 3 is 3.00 bits per heavy atom. The molecule has 0 aliphatic rings. The first-order valence-corrected chi connectivity index (χ1v) is 3.22. The van der Waals surface area contributed by atoms with Gasteiger partial charge in [-0.1, -0.05) is 6.07 Å². The van der Waals surface area contributed by atoms with Gasteiger partial charge < -0.3 is 5.32 Å². The van der Waals surface area contributed by atoms with Gasteiger partial charge >= 0.3 is 0 Å². The van der Waals surface area contributed by atoms with Crippen LogP contribution in [0.1, 0.15) is 5.69 Å². The second-order valence-electron chi connectivity index (χ2n) is 2.04. The Balaban J connectivity index is 2.45. The van der Waals surface area contributed by atoms with Crippen molar-refractivity contribution in [3.63, 3.8) is 0 Å². The Morgan fingerprint density at radius 2 is 2.45 bits per heavy atom. The van der Waals surface area contributed by atoms with Crippen LogP contribution in [0.4, 0.5) is 4.79 Å². The molecule has 1 N–H and O–H groups in total. The van der Waals surface area contributed by atoms with Crippen molar-refractivity contribution in [2.75, 3.05) is 0 Å². The Labute approximate surface area is 66.2 Å². The fourth-order valence-corrected chi connectivity index (χ4v) is 0.680. The molecule has 1 rings (SSSR count). The van der Waals surface area contributed by atoms with Gasteiger partial charge in [0.15, 0.2) is 5.81 Å².